The van der Waals surface area contributed by atoms with E-state index in [1.54, 1.807) is 25.3 Å². The number of rotatable bonds is 8. The summed E-state index contributed by atoms with van der Waals surface area (Å²) < 4.78 is 21.0. The molecule has 0 saturated heterocycles. The fourth-order valence-electron chi connectivity index (χ4n) is 3.84. The molecule has 158 valence electrons. The zero-order valence-electron chi connectivity index (χ0n) is 17.1. The fourth-order valence-corrected chi connectivity index (χ4v) is 3.84. The molecule has 0 unspecified atom stereocenters. The van der Waals surface area contributed by atoms with Crippen molar-refractivity contribution in [2.75, 3.05) is 7.11 Å². The lowest BCUT2D eigenvalue weighted by Gasteiger charge is -2.11. The van der Waals surface area contributed by atoms with E-state index in [0.29, 0.717) is 30.8 Å². The molecule has 0 bridgehead atoms. The lowest BCUT2D eigenvalue weighted by Crippen LogP contribution is -2.17. The van der Waals surface area contributed by atoms with Crippen LogP contribution >= 0.6 is 0 Å². The summed E-state index contributed by atoms with van der Waals surface area (Å²) in [6.45, 7) is 1.04. The van der Waals surface area contributed by atoms with E-state index in [9.17, 15) is 14.3 Å². The van der Waals surface area contributed by atoms with Crippen LogP contribution in [0, 0.1) is 5.82 Å². The van der Waals surface area contributed by atoms with Gasteiger partial charge in [0.15, 0.2) is 0 Å². The minimum absolute atomic E-state index is 0.234. The van der Waals surface area contributed by atoms with Gasteiger partial charge in [0.1, 0.15) is 17.3 Å². The molecule has 3 aromatic carbocycles. The van der Waals surface area contributed by atoms with Gasteiger partial charge >= 0.3 is 5.97 Å². The van der Waals surface area contributed by atoms with Gasteiger partial charge in [-0.25, -0.2) is 9.18 Å². The van der Waals surface area contributed by atoms with Crippen LogP contribution in [0.1, 0.15) is 27.2 Å². The first kappa shape index (κ1) is 20.6. The Bertz CT molecular complexity index is 1220. The van der Waals surface area contributed by atoms with Crippen molar-refractivity contribution < 1.29 is 19.0 Å². The van der Waals surface area contributed by atoms with E-state index < -0.39 is 5.97 Å². The monoisotopic (exact) mass is 418 g/mol. The summed E-state index contributed by atoms with van der Waals surface area (Å²) in [5.74, 6) is -0.527. The first-order valence-electron chi connectivity index (χ1n) is 9.99. The Morgan fingerprint density at radius 2 is 1.71 bits per heavy atom. The van der Waals surface area contributed by atoms with Crippen LogP contribution in [0.4, 0.5) is 4.39 Å². The summed E-state index contributed by atoms with van der Waals surface area (Å²) in [7, 11) is 1.61. The molecule has 0 spiro atoms. The van der Waals surface area contributed by atoms with Crippen molar-refractivity contribution in [3.05, 3.63) is 101 Å². The molecule has 0 aliphatic rings. The highest BCUT2D eigenvalue weighted by atomic mass is 19.1. The van der Waals surface area contributed by atoms with Gasteiger partial charge in [-0.05, 0) is 29.8 Å². The second-order valence-electron chi connectivity index (χ2n) is 7.28. The molecule has 4 aromatic rings. The minimum atomic E-state index is -0.993. The van der Waals surface area contributed by atoms with Crippen molar-refractivity contribution >= 4 is 16.9 Å². The number of benzene rings is 3. The van der Waals surface area contributed by atoms with E-state index in [4.69, 9.17) is 4.74 Å². The van der Waals surface area contributed by atoms with Gasteiger partial charge in [-0.2, -0.15) is 0 Å². The van der Waals surface area contributed by atoms with E-state index in [2.05, 4.69) is 5.32 Å². The summed E-state index contributed by atoms with van der Waals surface area (Å²) in [4.78, 5) is 12.3. The molecule has 0 aliphatic carbocycles. The van der Waals surface area contributed by atoms with Gasteiger partial charge in [0.25, 0.3) is 0 Å². The standard InChI is InChI=1S/C25H23FN2O3/c1-31-19-12-10-17(11-13-19)16-28-23-9-5-3-7-20(23)21(24(28)25(29)30)15-27-14-18-6-2-4-8-22(18)26/h2-13,27H,14-16H2,1H3,(H,29,30). The number of aromatic carboxylic acids is 1. The van der Waals surface area contributed by atoms with E-state index in [1.807, 2.05) is 53.1 Å². The number of fused-ring (bicyclic) bond motifs is 1. The highest BCUT2D eigenvalue weighted by molar-refractivity contribution is 5.98. The van der Waals surface area contributed by atoms with Crippen LogP contribution in [-0.2, 0) is 19.6 Å². The Hall–Kier alpha value is -3.64. The van der Waals surface area contributed by atoms with Gasteiger partial charge in [-0.15, -0.1) is 0 Å². The molecule has 4 rings (SSSR count). The molecule has 0 radical (unpaired) electrons. The number of carboxylic acid groups (broad SMARTS) is 1. The van der Waals surface area contributed by atoms with Gasteiger partial charge in [0, 0.05) is 41.7 Å². The largest absolute Gasteiger partial charge is 0.497 e. The number of aromatic nitrogens is 1. The van der Waals surface area contributed by atoms with E-state index in [-0.39, 0.29) is 11.5 Å². The lowest BCUT2D eigenvalue weighted by molar-refractivity contribution is 0.0684. The Balaban J connectivity index is 1.68. The van der Waals surface area contributed by atoms with E-state index in [1.165, 1.54) is 6.07 Å². The Labute approximate surface area is 179 Å². The maximum Gasteiger partial charge on any atom is 0.352 e. The maximum atomic E-state index is 13.9. The molecule has 0 aliphatic heterocycles. The van der Waals surface area contributed by atoms with Crippen LogP contribution in [0.25, 0.3) is 10.9 Å². The fraction of sp³-hybridized carbons (Fsp3) is 0.160. The summed E-state index contributed by atoms with van der Waals surface area (Å²) in [5, 5.41) is 14.1. The van der Waals surface area contributed by atoms with Crippen LogP contribution in [-0.4, -0.2) is 22.8 Å². The summed E-state index contributed by atoms with van der Waals surface area (Å²) >= 11 is 0. The van der Waals surface area contributed by atoms with E-state index >= 15 is 0 Å². The number of para-hydroxylation sites is 1. The van der Waals surface area contributed by atoms with Crippen molar-refractivity contribution in [2.24, 2.45) is 0 Å². The van der Waals surface area contributed by atoms with Crippen LogP contribution in [0.3, 0.4) is 0 Å². The average molecular weight is 418 g/mol. The summed E-state index contributed by atoms with van der Waals surface area (Å²) in [6.07, 6.45) is 0. The predicted molar refractivity (Wildman–Crippen MR) is 118 cm³/mol. The Morgan fingerprint density at radius 3 is 2.42 bits per heavy atom. The SMILES string of the molecule is COc1ccc(Cn2c(C(=O)O)c(CNCc3ccccc3F)c3ccccc32)cc1. The third-order valence-electron chi connectivity index (χ3n) is 5.35. The van der Waals surface area contributed by atoms with Gasteiger partial charge in [0.05, 0.1) is 7.11 Å². The minimum Gasteiger partial charge on any atom is -0.497 e. The maximum absolute atomic E-state index is 13.9. The number of nitrogens with one attached hydrogen (secondary N) is 1. The van der Waals surface area contributed by atoms with Crippen molar-refractivity contribution in [2.45, 2.75) is 19.6 Å². The number of hydrogen-bond acceptors (Lipinski definition) is 3. The molecule has 2 N–H and O–H groups in total. The average Bonchev–Trinajstić information content (AvgIpc) is 3.09. The molecule has 6 heteroatoms. The van der Waals surface area contributed by atoms with Crippen molar-refractivity contribution in [1.82, 2.24) is 9.88 Å². The quantitative estimate of drug-likeness (QED) is 0.430. The van der Waals surface area contributed by atoms with Crippen molar-refractivity contribution in [1.29, 1.82) is 0 Å². The molecule has 1 aromatic heterocycles. The van der Waals surface area contributed by atoms with Crippen molar-refractivity contribution in [3.63, 3.8) is 0 Å². The molecule has 1 heterocycles. The third-order valence-corrected chi connectivity index (χ3v) is 5.35. The number of methoxy groups -OCH3 is 1. The number of nitrogens with zero attached hydrogens (tertiary/aromatic N) is 1. The number of hydrogen-bond donors (Lipinski definition) is 2. The second kappa shape index (κ2) is 9.02. The zero-order valence-corrected chi connectivity index (χ0v) is 17.1. The van der Waals surface area contributed by atoms with Crippen LogP contribution < -0.4 is 10.1 Å². The smallest absolute Gasteiger partial charge is 0.352 e. The first-order valence-corrected chi connectivity index (χ1v) is 9.99. The molecule has 0 atom stereocenters. The molecule has 0 amide bonds. The number of carboxylic acids is 1. The molecule has 0 fully saturated rings. The predicted octanol–water partition coefficient (Wildman–Crippen LogP) is 4.83. The normalized spacial score (nSPS) is 11.0. The molecular formula is C25H23FN2O3. The molecule has 0 saturated carbocycles. The van der Waals surface area contributed by atoms with Gasteiger partial charge in [-0.1, -0.05) is 48.5 Å². The third kappa shape index (κ3) is 4.29. The van der Waals surface area contributed by atoms with Crippen LogP contribution in [0.2, 0.25) is 0 Å². The summed E-state index contributed by atoms with van der Waals surface area (Å²) in [5.41, 5.74) is 3.28. The Kier molecular flexibility index (Phi) is 6.00. The molecule has 5 nitrogen and oxygen atoms in total. The van der Waals surface area contributed by atoms with E-state index in [0.717, 1.165) is 22.2 Å². The van der Waals surface area contributed by atoms with Crippen LogP contribution in [0.15, 0.2) is 72.8 Å². The number of carbonyl (C=O) groups is 1. The number of halogens is 1. The van der Waals surface area contributed by atoms with Crippen LogP contribution in [0.5, 0.6) is 5.75 Å². The van der Waals surface area contributed by atoms with Gasteiger partial charge < -0.3 is 19.7 Å². The van der Waals surface area contributed by atoms with Gasteiger partial charge in [0.2, 0.25) is 0 Å². The molecular weight excluding hydrogens is 395 g/mol. The lowest BCUT2D eigenvalue weighted by atomic mass is 10.1. The first-order chi connectivity index (χ1) is 15.1. The second-order valence-corrected chi connectivity index (χ2v) is 7.28. The zero-order chi connectivity index (χ0) is 21.8. The van der Waals surface area contributed by atoms with Gasteiger partial charge in [-0.3, -0.25) is 0 Å². The van der Waals surface area contributed by atoms with Crippen molar-refractivity contribution in [3.8, 4) is 5.75 Å². The summed E-state index contributed by atoms with van der Waals surface area (Å²) in [6, 6.07) is 21.8. The topological polar surface area (TPSA) is 63.5 Å². The molecule has 31 heavy (non-hydrogen) atoms. The number of ether oxygens (including phenoxy) is 1. The highest BCUT2D eigenvalue weighted by Gasteiger charge is 2.22. The Morgan fingerprint density at radius 1 is 1.00 bits per heavy atom. The highest BCUT2D eigenvalue weighted by Crippen LogP contribution is 2.28.